The first-order valence-corrected chi connectivity index (χ1v) is 9.13. The third kappa shape index (κ3) is 3.47. The van der Waals surface area contributed by atoms with Gasteiger partial charge in [0.05, 0.1) is 5.69 Å². The molecule has 0 N–H and O–H groups in total. The summed E-state index contributed by atoms with van der Waals surface area (Å²) in [5.41, 5.74) is 2.45. The first kappa shape index (κ1) is 16.8. The lowest BCUT2D eigenvalue weighted by Gasteiger charge is -2.05. The highest BCUT2D eigenvalue weighted by molar-refractivity contribution is 7.19. The van der Waals surface area contributed by atoms with Gasteiger partial charge in [0, 0.05) is 16.7 Å². The molecule has 2 aromatic heterocycles. The molecule has 5 nitrogen and oxygen atoms in total. The van der Waals surface area contributed by atoms with Crippen LogP contribution < -0.4 is 10.3 Å². The van der Waals surface area contributed by atoms with Crippen molar-refractivity contribution in [1.82, 2.24) is 14.6 Å². The van der Waals surface area contributed by atoms with E-state index in [4.69, 9.17) is 16.3 Å². The summed E-state index contributed by atoms with van der Waals surface area (Å²) in [6.07, 6.45) is 0. The van der Waals surface area contributed by atoms with Crippen molar-refractivity contribution in [3.8, 4) is 16.3 Å². The fourth-order valence-electron chi connectivity index (χ4n) is 2.51. The van der Waals surface area contributed by atoms with Gasteiger partial charge in [0.1, 0.15) is 17.4 Å². The molecule has 0 aliphatic rings. The molecule has 0 spiro atoms. The molecule has 0 atom stereocenters. The number of ether oxygens (including phenoxy) is 1. The Bertz CT molecular complexity index is 1140. The van der Waals surface area contributed by atoms with Crippen LogP contribution in [0.25, 0.3) is 15.5 Å². The third-order valence-electron chi connectivity index (χ3n) is 3.76. The Morgan fingerprint density at radius 2 is 1.96 bits per heavy atom. The maximum atomic E-state index is 12.4. The highest BCUT2D eigenvalue weighted by Crippen LogP contribution is 2.25. The van der Waals surface area contributed by atoms with Crippen molar-refractivity contribution in [2.45, 2.75) is 13.5 Å². The van der Waals surface area contributed by atoms with E-state index in [0.717, 1.165) is 16.1 Å². The summed E-state index contributed by atoms with van der Waals surface area (Å²) in [5, 5.41) is 5.80. The van der Waals surface area contributed by atoms with Crippen LogP contribution in [0.15, 0.2) is 59.4 Å². The van der Waals surface area contributed by atoms with Gasteiger partial charge in [-0.15, -0.1) is 0 Å². The van der Waals surface area contributed by atoms with E-state index in [1.54, 1.807) is 24.3 Å². The van der Waals surface area contributed by atoms with Crippen LogP contribution in [0.5, 0.6) is 5.75 Å². The smallest absolute Gasteiger partial charge is 0.275 e. The molecule has 0 saturated heterocycles. The van der Waals surface area contributed by atoms with E-state index in [-0.39, 0.29) is 12.2 Å². The zero-order chi connectivity index (χ0) is 18.1. The van der Waals surface area contributed by atoms with E-state index in [9.17, 15) is 4.79 Å². The number of aromatic nitrogens is 3. The van der Waals surface area contributed by atoms with Gasteiger partial charge in [0.15, 0.2) is 0 Å². The van der Waals surface area contributed by atoms with E-state index >= 15 is 0 Å². The van der Waals surface area contributed by atoms with E-state index in [1.165, 1.54) is 21.9 Å². The Morgan fingerprint density at radius 1 is 1.15 bits per heavy atom. The normalized spacial score (nSPS) is 11.0. The Balaban J connectivity index is 1.63. The van der Waals surface area contributed by atoms with Gasteiger partial charge < -0.3 is 4.74 Å². The third-order valence-corrected chi connectivity index (χ3v) is 4.97. The summed E-state index contributed by atoms with van der Waals surface area (Å²) in [5.74, 6) is 0.668. The zero-order valence-electron chi connectivity index (χ0n) is 13.8. The number of hydrogen-bond donors (Lipinski definition) is 0. The van der Waals surface area contributed by atoms with Gasteiger partial charge in [-0.3, -0.25) is 4.79 Å². The Hall–Kier alpha value is -2.70. The molecule has 0 radical (unpaired) electrons. The van der Waals surface area contributed by atoms with Crippen LogP contribution in [0.1, 0.15) is 11.3 Å². The largest absolute Gasteiger partial charge is 0.487 e. The molecular formula is C19H14ClN3O2S. The van der Waals surface area contributed by atoms with Crippen molar-refractivity contribution in [2.24, 2.45) is 0 Å². The van der Waals surface area contributed by atoms with Crippen molar-refractivity contribution in [3.05, 3.63) is 81.2 Å². The van der Waals surface area contributed by atoms with Crippen LogP contribution in [0, 0.1) is 6.92 Å². The molecule has 2 heterocycles. The lowest BCUT2D eigenvalue weighted by molar-refractivity contribution is 0.301. The number of hydrogen-bond acceptors (Lipinski definition) is 5. The van der Waals surface area contributed by atoms with Crippen molar-refractivity contribution in [3.63, 3.8) is 0 Å². The van der Waals surface area contributed by atoms with Gasteiger partial charge in [-0.1, -0.05) is 46.7 Å². The number of rotatable bonds is 4. The minimum atomic E-state index is -0.222. The standard InChI is InChI=1S/C19H14ClN3O2S/c1-12-3-2-4-13(9-12)18-22-23-17(24)10-15(21-19(23)26-18)11-25-16-7-5-14(20)6-8-16/h2-10H,11H2,1H3. The zero-order valence-corrected chi connectivity index (χ0v) is 15.4. The van der Waals surface area contributed by atoms with Crippen LogP contribution in [-0.2, 0) is 6.61 Å². The summed E-state index contributed by atoms with van der Waals surface area (Å²) in [4.78, 5) is 17.4. The van der Waals surface area contributed by atoms with Gasteiger partial charge in [-0.25, -0.2) is 4.98 Å². The molecule has 7 heteroatoms. The molecule has 0 aliphatic carbocycles. The second-order valence-electron chi connectivity index (χ2n) is 5.80. The molecule has 0 unspecified atom stereocenters. The van der Waals surface area contributed by atoms with Gasteiger partial charge in [0.2, 0.25) is 4.96 Å². The molecular weight excluding hydrogens is 370 g/mol. The Morgan fingerprint density at radius 3 is 2.73 bits per heavy atom. The minimum absolute atomic E-state index is 0.199. The summed E-state index contributed by atoms with van der Waals surface area (Å²) in [6, 6.07) is 16.5. The highest BCUT2D eigenvalue weighted by Gasteiger charge is 2.11. The van der Waals surface area contributed by atoms with Crippen molar-refractivity contribution >= 4 is 27.9 Å². The summed E-state index contributed by atoms with van der Waals surface area (Å²) in [7, 11) is 0. The molecule has 0 aliphatic heterocycles. The number of fused-ring (bicyclic) bond motifs is 1. The van der Waals surface area contributed by atoms with Crippen LogP contribution in [-0.4, -0.2) is 14.6 Å². The van der Waals surface area contributed by atoms with Crippen molar-refractivity contribution in [1.29, 1.82) is 0 Å². The molecule has 4 rings (SSSR count). The molecule has 2 aromatic carbocycles. The van der Waals surface area contributed by atoms with Crippen LogP contribution in [0.2, 0.25) is 5.02 Å². The van der Waals surface area contributed by atoms with E-state index in [0.29, 0.717) is 21.4 Å². The average molecular weight is 384 g/mol. The predicted octanol–water partition coefficient (Wildman–Crippen LogP) is 4.36. The summed E-state index contributed by atoms with van der Waals surface area (Å²) >= 11 is 7.24. The summed E-state index contributed by atoms with van der Waals surface area (Å²) in [6.45, 7) is 2.22. The second kappa shape index (κ2) is 6.90. The predicted molar refractivity (Wildman–Crippen MR) is 103 cm³/mol. The summed E-state index contributed by atoms with van der Waals surface area (Å²) < 4.78 is 7.00. The maximum absolute atomic E-state index is 12.4. The molecule has 4 aromatic rings. The lowest BCUT2D eigenvalue weighted by Crippen LogP contribution is -2.16. The van der Waals surface area contributed by atoms with Gasteiger partial charge in [-0.05, 0) is 37.3 Å². The SMILES string of the molecule is Cc1cccc(-c2nn3c(=O)cc(COc4ccc(Cl)cc4)nc3s2)c1. The first-order valence-electron chi connectivity index (χ1n) is 7.94. The maximum Gasteiger partial charge on any atom is 0.275 e. The van der Waals surface area contributed by atoms with Gasteiger partial charge in [0.25, 0.3) is 5.56 Å². The first-order chi connectivity index (χ1) is 12.6. The van der Waals surface area contributed by atoms with Crippen molar-refractivity contribution in [2.75, 3.05) is 0 Å². The average Bonchev–Trinajstić information content (AvgIpc) is 3.06. The fourth-order valence-corrected chi connectivity index (χ4v) is 3.56. The molecule has 0 fully saturated rings. The quantitative estimate of drug-likeness (QED) is 0.525. The van der Waals surface area contributed by atoms with Crippen molar-refractivity contribution < 1.29 is 4.74 Å². The number of benzene rings is 2. The molecule has 0 saturated carbocycles. The fraction of sp³-hybridized carbons (Fsp3) is 0.105. The molecule has 0 amide bonds. The van der Waals surface area contributed by atoms with Crippen LogP contribution >= 0.6 is 22.9 Å². The van der Waals surface area contributed by atoms with E-state index < -0.39 is 0 Å². The van der Waals surface area contributed by atoms with Crippen LogP contribution in [0.3, 0.4) is 0 Å². The minimum Gasteiger partial charge on any atom is -0.487 e. The molecule has 130 valence electrons. The van der Waals surface area contributed by atoms with Gasteiger partial charge in [-0.2, -0.15) is 9.61 Å². The number of halogens is 1. The second-order valence-corrected chi connectivity index (χ2v) is 7.19. The number of aryl methyl sites for hydroxylation is 1. The molecule has 0 bridgehead atoms. The Kier molecular flexibility index (Phi) is 4.44. The van der Waals surface area contributed by atoms with E-state index in [1.807, 2.05) is 31.2 Å². The topological polar surface area (TPSA) is 56.5 Å². The number of nitrogens with zero attached hydrogens (tertiary/aromatic N) is 3. The Labute approximate surface area is 158 Å². The van der Waals surface area contributed by atoms with Gasteiger partial charge >= 0.3 is 0 Å². The van der Waals surface area contributed by atoms with E-state index in [2.05, 4.69) is 10.1 Å². The highest BCUT2D eigenvalue weighted by atomic mass is 35.5. The monoisotopic (exact) mass is 383 g/mol. The van der Waals surface area contributed by atoms with Crippen LogP contribution in [0.4, 0.5) is 0 Å². The lowest BCUT2D eigenvalue weighted by atomic mass is 10.1. The molecule has 26 heavy (non-hydrogen) atoms.